The Bertz CT molecular complexity index is 255. The predicted octanol–water partition coefficient (Wildman–Crippen LogP) is 2.39. The highest BCUT2D eigenvalue weighted by molar-refractivity contribution is 5.68. The van der Waals surface area contributed by atoms with Crippen LogP contribution in [0.2, 0.25) is 0 Å². The first kappa shape index (κ1) is 15.2. The zero-order valence-corrected chi connectivity index (χ0v) is 11.8. The van der Waals surface area contributed by atoms with E-state index in [1.807, 2.05) is 27.7 Å². The minimum absolute atomic E-state index is 0.0186. The van der Waals surface area contributed by atoms with Crippen molar-refractivity contribution in [2.45, 2.75) is 58.8 Å². The molecule has 0 N–H and O–H groups in total. The largest absolute Gasteiger partial charge is 0.422 e. The second-order valence-corrected chi connectivity index (χ2v) is 5.12. The lowest BCUT2D eigenvalue weighted by molar-refractivity contribution is -0.0570. The lowest BCUT2D eigenvalue weighted by Gasteiger charge is -2.24. The summed E-state index contributed by atoms with van der Waals surface area (Å²) in [4.78, 5) is 13.6. The zero-order chi connectivity index (χ0) is 13.5. The molecule has 1 aliphatic heterocycles. The van der Waals surface area contributed by atoms with Crippen LogP contribution in [0.25, 0.3) is 0 Å². The Hall–Kier alpha value is -0.810. The van der Waals surface area contributed by atoms with Crippen LogP contribution in [0.5, 0.6) is 0 Å². The summed E-state index contributed by atoms with van der Waals surface area (Å²) < 4.78 is 15.9. The molecule has 1 rings (SSSR count). The second kappa shape index (κ2) is 7.59. The lowest BCUT2D eigenvalue weighted by atomic mass is 10.2. The van der Waals surface area contributed by atoms with Crippen molar-refractivity contribution < 1.29 is 19.0 Å². The van der Waals surface area contributed by atoms with Crippen LogP contribution in [0.4, 0.5) is 4.79 Å². The number of hydrogen-bond acceptors (Lipinski definition) is 4. The van der Waals surface area contributed by atoms with Gasteiger partial charge in [-0.1, -0.05) is 0 Å². The number of nitrogens with zero attached hydrogens (tertiary/aromatic N) is 1. The molecule has 1 heterocycles. The third-order valence-electron chi connectivity index (χ3n) is 2.82. The molecule has 1 saturated heterocycles. The van der Waals surface area contributed by atoms with Crippen molar-refractivity contribution in [2.75, 3.05) is 19.9 Å². The highest BCUT2D eigenvalue weighted by atomic mass is 16.7. The van der Waals surface area contributed by atoms with Crippen LogP contribution in [0, 0.1) is 0 Å². The summed E-state index contributed by atoms with van der Waals surface area (Å²) >= 11 is 0. The van der Waals surface area contributed by atoms with Gasteiger partial charge in [0.25, 0.3) is 0 Å². The fourth-order valence-corrected chi connectivity index (χ4v) is 1.86. The van der Waals surface area contributed by atoms with Crippen LogP contribution in [0.1, 0.15) is 40.5 Å². The molecule has 18 heavy (non-hydrogen) atoms. The summed E-state index contributed by atoms with van der Waals surface area (Å²) in [5.74, 6) is 0. The maximum atomic E-state index is 11.9. The molecular weight excluding hydrogens is 234 g/mol. The topological polar surface area (TPSA) is 48.0 Å². The normalized spacial score (nSPS) is 19.9. The van der Waals surface area contributed by atoms with E-state index in [0.717, 1.165) is 19.4 Å². The van der Waals surface area contributed by atoms with Crippen LogP contribution in [-0.2, 0) is 14.2 Å². The van der Waals surface area contributed by atoms with E-state index in [1.54, 1.807) is 4.90 Å². The first-order chi connectivity index (χ1) is 8.50. The standard InChI is InChI=1S/C13H25NO4/c1-10(2)16-8-12-6-5-7-14(12)13(15)18-9-17-11(3)4/h10-12H,5-9H2,1-4H3. The first-order valence-corrected chi connectivity index (χ1v) is 6.67. The molecule has 0 aliphatic carbocycles. The Morgan fingerprint density at radius 2 is 1.89 bits per heavy atom. The van der Waals surface area contributed by atoms with E-state index in [9.17, 15) is 4.79 Å². The Labute approximate surface area is 109 Å². The minimum atomic E-state index is -0.300. The van der Waals surface area contributed by atoms with Gasteiger partial charge in [0.15, 0.2) is 6.79 Å². The van der Waals surface area contributed by atoms with Gasteiger partial charge in [0.1, 0.15) is 0 Å². The number of ether oxygens (including phenoxy) is 3. The van der Waals surface area contributed by atoms with Gasteiger partial charge in [0.05, 0.1) is 24.9 Å². The van der Waals surface area contributed by atoms with Gasteiger partial charge in [-0.05, 0) is 40.5 Å². The summed E-state index contributed by atoms with van der Waals surface area (Å²) in [7, 11) is 0. The number of carbonyl (C=O) groups is 1. The van der Waals surface area contributed by atoms with E-state index in [2.05, 4.69) is 0 Å². The van der Waals surface area contributed by atoms with E-state index in [0.29, 0.717) is 6.61 Å². The van der Waals surface area contributed by atoms with Crippen molar-refractivity contribution in [2.24, 2.45) is 0 Å². The van der Waals surface area contributed by atoms with Gasteiger partial charge in [0.2, 0.25) is 0 Å². The first-order valence-electron chi connectivity index (χ1n) is 6.67. The second-order valence-electron chi connectivity index (χ2n) is 5.12. The van der Waals surface area contributed by atoms with Gasteiger partial charge in [-0.25, -0.2) is 4.79 Å². The van der Waals surface area contributed by atoms with Crippen molar-refractivity contribution in [3.63, 3.8) is 0 Å². The molecule has 1 fully saturated rings. The summed E-state index contributed by atoms with van der Waals surface area (Å²) in [6.45, 7) is 9.14. The Balaban J connectivity index is 2.31. The van der Waals surface area contributed by atoms with E-state index >= 15 is 0 Å². The van der Waals surface area contributed by atoms with Gasteiger partial charge in [0, 0.05) is 6.54 Å². The molecule has 0 saturated carbocycles. The molecular formula is C13H25NO4. The molecule has 0 bridgehead atoms. The number of hydrogen-bond donors (Lipinski definition) is 0. The number of likely N-dealkylation sites (tertiary alicyclic amines) is 1. The Morgan fingerprint density at radius 1 is 1.22 bits per heavy atom. The molecule has 106 valence electrons. The van der Waals surface area contributed by atoms with Gasteiger partial charge < -0.3 is 19.1 Å². The average molecular weight is 259 g/mol. The van der Waals surface area contributed by atoms with Crippen LogP contribution in [0.15, 0.2) is 0 Å². The molecule has 1 amide bonds. The molecule has 1 aliphatic rings. The Morgan fingerprint density at radius 3 is 2.50 bits per heavy atom. The number of rotatable bonds is 6. The SMILES string of the molecule is CC(C)OCOC(=O)N1CCCC1COC(C)C. The highest BCUT2D eigenvalue weighted by Gasteiger charge is 2.30. The highest BCUT2D eigenvalue weighted by Crippen LogP contribution is 2.19. The third kappa shape index (κ3) is 5.23. The molecule has 0 radical (unpaired) electrons. The monoisotopic (exact) mass is 259 g/mol. The zero-order valence-electron chi connectivity index (χ0n) is 11.8. The fraction of sp³-hybridized carbons (Fsp3) is 0.923. The summed E-state index contributed by atoms with van der Waals surface area (Å²) in [5.41, 5.74) is 0. The lowest BCUT2D eigenvalue weighted by Crippen LogP contribution is -2.39. The van der Waals surface area contributed by atoms with Crippen LogP contribution in [0.3, 0.4) is 0 Å². The van der Waals surface area contributed by atoms with E-state index < -0.39 is 0 Å². The predicted molar refractivity (Wildman–Crippen MR) is 68.4 cm³/mol. The summed E-state index contributed by atoms with van der Waals surface area (Å²) in [5, 5.41) is 0. The molecule has 0 aromatic carbocycles. The number of amides is 1. The third-order valence-corrected chi connectivity index (χ3v) is 2.82. The smallest absolute Gasteiger partial charge is 0.412 e. The van der Waals surface area contributed by atoms with Crippen LogP contribution < -0.4 is 0 Å². The quantitative estimate of drug-likeness (QED) is 0.687. The molecule has 5 nitrogen and oxygen atoms in total. The van der Waals surface area contributed by atoms with E-state index in [4.69, 9.17) is 14.2 Å². The Kier molecular flexibility index (Phi) is 6.43. The van der Waals surface area contributed by atoms with E-state index in [1.165, 1.54) is 0 Å². The van der Waals surface area contributed by atoms with Gasteiger partial charge in [-0.3, -0.25) is 0 Å². The molecule has 5 heteroatoms. The summed E-state index contributed by atoms with van der Waals surface area (Å²) in [6.07, 6.45) is 1.94. The number of carbonyl (C=O) groups excluding carboxylic acids is 1. The minimum Gasteiger partial charge on any atom is -0.422 e. The average Bonchev–Trinajstić information content (AvgIpc) is 2.73. The maximum Gasteiger partial charge on any atom is 0.412 e. The summed E-state index contributed by atoms with van der Waals surface area (Å²) in [6, 6.07) is 0.138. The molecule has 0 aromatic heterocycles. The van der Waals surface area contributed by atoms with Gasteiger partial charge >= 0.3 is 6.09 Å². The van der Waals surface area contributed by atoms with Crippen LogP contribution in [-0.4, -0.2) is 49.2 Å². The molecule has 0 aromatic rings. The van der Waals surface area contributed by atoms with Crippen molar-refractivity contribution in [3.8, 4) is 0 Å². The van der Waals surface area contributed by atoms with Crippen molar-refractivity contribution in [3.05, 3.63) is 0 Å². The fourth-order valence-electron chi connectivity index (χ4n) is 1.86. The van der Waals surface area contributed by atoms with Gasteiger partial charge in [-0.2, -0.15) is 0 Å². The van der Waals surface area contributed by atoms with Crippen molar-refractivity contribution in [1.82, 2.24) is 4.90 Å². The molecule has 1 atom stereocenters. The molecule has 0 spiro atoms. The van der Waals surface area contributed by atoms with Crippen molar-refractivity contribution >= 4 is 6.09 Å². The van der Waals surface area contributed by atoms with Crippen LogP contribution >= 0.6 is 0 Å². The van der Waals surface area contributed by atoms with E-state index in [-0.39, 0.29) is 31.1 Å². The van der Waals surface area contributed by atoms with Crippen molar-refractivity contribution in [1.29, 1.82) is 0 Å². The van der Waals surface area contributed by atoms with Gasteiger partial charge in [-0.15, -0.1) is 0 Å². The molecule has 1 unspecified atom stereocenters. The maximum absolute atomic E-state index is 11.9.